The molecule has 106 valence electrons. The molecule has 1 aromatic carbocycles. The fourth-order valence-electron chi connectivity index (χ4n) is 1.39. The van der Waals surface area contributed by atoms with E-state index in [0.717, 1.165) is 24.4 Å². The maximum absolute atomic E-state index is 13.4. The van der Waals surface area contributed by atoms with Gasteiger partial charge in [-0.3, -0.25) is 4.72 Å². The second-order valence-electron chi connectivity index (χ2n) is 3.65. The van der Waals surface area contributed by atoms with Crippen molar-refractivity contribution in [3.8, 4) is 0 Å². The van der Waals surface area contributed by atoms with Crippen molar-refractivity contribution in [2.45, 2.75) is 5.03 Å². The van der Waals surface area contributed by atoms with Gasteiger partial charge < -0.3 is 0 Å². The smallest absolute Gasteiger partial charge is 0.278 e. The maximum atomic E-state index is 13.4. The molecular weight excluding hydrogens is 333 g/mol. The van der Waals surface area contributed by atoms with Crippen molar-refractivity contribution in [1.82, 2.24) is 4.98 Å². The fraction of sp³-hybridized carbons (Fsp3) is 0. The lowest BCUT2D eigenvalue weighted by Crippen LogP contribution is -2.16. The van der Waals surface area contributed by atoms with Crippen LogP contribution in [0.15, 0.2) is 35.5 Å². The molecule has 0 atom stereocenters. The van der Waals surface area contributed by atoms with E-state index in [0.29, 0.717) is 0 Å². The first-order chi connectivity index (χ1) is 9.31. The molecule has 0 bridgehead atoms. The standard InChI is InChI=1S/C11H6Cl2F2N2O2S/c12-7-4-6(5-8(13)10(7)15)17-20(18,19)11-9(14)2-1-3-16-11/h1-5,17H. The van der Waals surface area contributed by atoms with E-state index in [-0.39, 0.29) is 15.7 Å². The van der Waals surface area contributed by atoms with Gasteiger partial charge in [0.1, 0.15) is 0 Å². The molecule has 1 heterocycles. The number of halogens is 4. The van der Waals surface area contributed by atoms with Gasteiger partial charge in [0.2, 0.25) is 5.03 Å². The molecule has 0 saturated heterocycles. The molecule has 0 spiro atoms. The van der Waals surface area contributed by atoms with Crippen LogP contribution in [0.25, 0.3) is 0 Å². The third-order valence-corrected chi connectivity index (χ3v) is 4.08. The molecule has 1 N–H and O–H groups in total. The highest BCUT2D eigenvalue weighted by atomic mass is 35.5. The summed E-state index contributed by atoms with van der Waals surface area (Å²) in [4.78, 5) is 3.44. The third-order valence-electron chi connectivity index (χ3n) is 2.22. The largest absolute Gasteiger partial charge is 0.282 e. The van der Waals surface area contributed by atoms with Crippen LogP contribution >= 0.6 is 23.2 Å². The van der Waals surface area contributed by atoms with Crippen molar-refractivity contribution in [3.63, 3.8) is 0 Å². The van der Waals surface area contributed by atoms with Gasteiger partial charge in [-0.05, 0) is 24.3 Å². The number of benzene rings is 1. The molecule has 0 amide bonds. The Kier molecular flexibility index (Phi) is 4.12. The first-order valence-corrected chi connectivity index (χ1v) is 7.33. The van der Waals surface area contributed by atoms with Gasteiger partial charge >= 0.3 is 0 Å². The monoisotopic (exact) mass is 338 g/mol. The van der Waals surface area contributed by atoms with Crippen LogP contribution in [0.1, 0.15) is 0 Å². The van der Waals surface area contributed by atoms with Crippen molar-refractivity contribution in [2.24, 2.45) is 0 Å². The van der Waals surface area contributed by atoms with Gasteiger partial charge in [-0.2, -0.15) is 8.42 Å². The molecule has 0 aliphatic rings. The van der Waals surface area contributed by atoms with E-state index in [1.165, 1.54) is 6.07 Å². The number of hydrogen-bond acceptors (Lipinski definition) is 3. The van der Waals surface area contributed by atoms with Crippen LogP contribution < -0.4 is 4.72 Å². The number of hydrogen-bond donors (Lipinski definition) is 1. The minimum atomic E-state index is -4.27. The number of pyridine rings is 1. The van der Waals surface area contributed by atoms with Crippen molar-refractivity contribution >= 4 is 38.9 Å². The second kappa shape index (κ2) is 5.51. The van der Waals surface area contributed by atoms with E-state index >= 15 is 0 Å². The van der Waals surface area contributed by atoms with E-state index in [2.05, 4.69) is 4.98 Å². The minimum absolute atomic E-state index is 0.105. The van der Waals surface area contributed by atoms with E-state index in [9.17, 15) is 17.2 Å². The number of nitrogens with one attached hydrogen (secondary N) is 1. The number of nitrogens with zero attached hydrogens (tertiary/aromatic N) is 1. The Labute approximate surface area is 123 Å². The van der Waals surface area contributed by atoms with Gasteiger partial charge in [0.05, 0.1) is 15.7 Å². The van der Waals surface area contributed by atoms with Gasteiger partial charge in [-0.25, -0.2) is 13.8 Å². The summed E-state index contributed by atoms with van der Waals surface area (Å²) < 4.78 is 52.5. The van der Waals surface area contributed by atoms with Crippen LogP contribution in [-0.2, 0) is 10.0 Å². The third kappa shape index (κ3) is 3.00. The Hall–Kier alpha value is -1.44. The molecule has 0 unspecified atom stereocenters. The van der Waals surface area contributed by atoms with Crippen LogP contribution in [0, 0.1) is 11.6 Å². The molecule has 1 aromatic heterocycles. The zero-order valence-electron chi connectivity index (χ0n) is 9.57. The molecular formula is C11H6Cl2F2N2O2S. The zero-order valence-corrected chi connectivity index (χ0v) is 11.9. The lowest BCUT2D eigenvalue weighted by molar-refractivity contribution is 0.556. The summed E-state index contributed by atoms with van der Waals surface area (Å²) in [6, 6.07) is 4.23. The van der Waals surface area contributed by atoms with Crippen LogP contribution in [0.4, 0.5) is 14.5 Å². The Balaban J connectivity index is 2.42. The number of sulfonamides is 1. The Morgan fingerprint density at radius 3 is 2.30 bits per heavy atom. The molecule has 0 radical (unpaired) electrons. The van der Waals surface area contributed by atoms with Crippen molar-refractivity contribution in [3.05, 3.63) is 52.1 Å². The molecule has 2 rings (SSSR count). The van der Waals surface area contributed by atoms with Crippen molar-refractivity contribution in [2.75, 3.05) is 4.72 Å². The molecule has 0 aliphatic carbocycles. The fourth-order valence-corrected chi connectivity index (χ4v) is 2.92. The predicted octanol–water partition coefficient (Wildman–Crippen LogP) is 3.47. The van der Waals surface area contributed by atoms with E-state index in [1.807, 2.05) is 4.72 Å². The first-order valence-electron chi connectivity index (χ1n) is 5.09. The summed E-state index contributed by atoms with van der Waals surface area (Å²) in [5, 5.41) is -1.51. The lowest BCUT2D eigenvalue weighted by Gasteiger charge is -2.09. The van der Waals surface area contributed by atoms with E-state index < -0.39 is 26.7 Å². The molecule has 4 nitrogen and oxygen atoms in total. The molecule has 0 aliphatic heterocycles. The molecule has 0 fully saturated rings. The van der Waals surface area contributed by atoms with Gasteiger partial charge in [0.15, 0.2) is 11.6 Å². The van der Waals surface area contributed by atoms with Crippen LogP contribution in [0.3, 0.4) is 0 Å². The number of aromatic nitrogens is 1. The van der Waals surface area contributed by atoms with Gasteiger partial charge in [-0.1, -0.05) is 23.2 Å². The second-order valence-corrected chi connectivity index (χ2v) is 6.06. The summed E-state index contributed by atoms with van der Waals surface area (Å²) in [7, 11) is -4.27. The average Bonchev–Trinajstić information content (AvgIpc) is 2.35. The maximum Gasteiger partial charge on any atom is 0.282 e. The molecule has 20 heavy (non-hydrogen) atoms. The molecule has 9 heteroatoms. The predicted molar refractivity (Wildman–Crippen MR) is 71.4 cm³/mol. The highest BCUT2D eigenvalue weighted by Crippen LogP contribution is 2.28. The average molecular weight is 339 g/mol. The SMILES string of the molecule is O=S(=O)(Nc1cc(Cl)c(F)c(Cl)c1)c1ncccc1F. The Bertz CT molecular complexity index is 746. The normalized spacial score (nSPS) is 11.4. The van der Waals surface area contributed by atoms with Crippen LogP contribution in [0.5, 0.6) is 0 Å². The van der Waals surface area contributed by atoms with Gasteiger partial charge in [-0.15, -0.1) is 0 Å². The van der Waals surface area contributed by atoms with Crippen LogP contribution in [0.2, 0.25) is 10.0 Å². The van der Waals surface area contributed by atoms with E-state index in [4.69, 9.17) is 23.2 Å². The lowest BCUT2D eigenvalue weighted by atomic mass is 10.3. The summed E-state index contributed by atoms with van der Waals surface area (Å²) in [6.07, 6.45) is 1.13. The topological polar surface area (TPSA) is 59.1 Å². The first kappa shape index (κ1) is 15.0. The number of anilines is 1. The Morgan fingerprint density at radius 2 is 1.75 bits per heavy atom. The highest BCUT2D eigenvalue weighted by molar-refractivity contribution is 7.92. The summed E-state index contributed by atoms with van der Waals surface area (Å²) in [5.74, 6) is -1.89. The molecule has 2 aromatic rings. The van der Waals surface area contributed by atoms with Crippen LogP contribution in [-0.4, -0.2) is 13.4 Å². The summed E-state index contributed by atoms with van der Waals surface area (Å²) in [5.41, 5.74) is -0.105. The summed E-state index contributed by atoms with van der Waals surface area (Å²) in [6.45, 7) is 0. The number of rotatable bonds is 3. The van der Waals surface area contributed by atoms with E-state index in [1.54, 1.807) is 0 Å². The minimum Gasteiger partial charge on any atom is -0.278 e. The van der Waals surface area contributed by atoms with Crippen molar-refractivity contribution in [1.29, 1.82) is 0 Å². The summed E-state index contributed by atoms with van der Waals surface area (Å²) >= 11 is 11.1. The Morgan fingerprint density at radius 1 is 1.15 bits per heavy atom. The van der Waals surface area contributed by atoms with Gasteiger partial charge in [0, 0.05) is 6.20 Å². The zero-order chi connectivity index (χ0) is 14.9. The van der Waals surface area contributed by atoms with Gasteiger partial charge in [0.25, 0.3) is 10.0 Å². The molecule has 0 saturated carbocycles. The van der Waals surface area contributed by atoms with Crippen molar-refractivity contribution < 1.29 is 17.2 Å². The quantitative estimate of drug-likeness (QED) is 0.871. The highest BCUT2D eigenvalue weighted by Gasteiger charge is 2.21.